The SMILES string of the molecule is COc1cccc(CCOc2cccc(CO)c2)c1. The highest BCUT2D eigenvalue weighted by atomic mass is 16.5. The largest absolute Gasteiger partial charge is 0.497 e. The fraction of sp³-hybridized carbons (Fsp3) is 0.250. The number of ether oxygens (including phenoxy) is 2. The van der Waals surface area contributed by atoms with Crippen LogP contribution in [0.4, 0.5) is 0 Å². The molecular formula is C16H18O3. The lowest BCUT2D eigenvalue weighted by molar-refractivity contribution is 0.279. The summed E-state index contributed by atoms with van der Waals surface area (Å²) in [6, 6.07) is 15.5. The minimum atomic E-state index is 0.0348. The topological polar surface area (TPSA) is 38.7 Å². The molecule has 0 radical (unpaired) electrons. The van der Waals surface area contributed by atoms with E-state index in [0.717, 1.165) is 23.5 Å². The summed E-state index contributed by atoms with van der Waals surface area (Å²) in [4.78, 5) is 0. The van der Waals surface area contributed by atoms with Crippen LogP contribution in [0.2, 0.25) is 0 Å². The zero-order valence-electron chi connectivity index (χ0n) is 11.0. The molecule has 0 aliphatic rings. The van der Waals surface area contributed by atoms with Crippen molar-refractivity contribution < 1.29 is 14.6 Å². The van der Waals surface area contributed by atoms with Crippen molar-refractivity contribution in [2.75, 3.05) is 13.7 Å². The van der Waals surface area contributed by atoms with Crippen molar-refractivity contribution in [3.8, 4) is 11.5 Å². The summed E-state index contributed by atoms with van der Waals surface area (Å²) in [7, 11) is 1.66. The summed E-state index contributed by atoms with van der Waals surface area (Å²) in [6.45, 7) is 0.634. The summed E-state index contributed by atoms with van der Waals surface area (Å²) in [5.41, 5.74) is 2.04. The Morgan fingerprint density at radius 2 is 1.63 bits per heavy atom. The second-order valence-corrected chi connectivity index (χ2v) is 4.26. The molecule has 100 valence electrons. The first-order chi connectivity index (χ1) is 9.31. The Hall–Kier alpha value is -2.00. The van der Waals surface area contributed by atoms with Crippen LogP contribution in [0, 0.1) is 0 Å². The van der Waals surface area contributed by atoms with Gasteiger partial charge in [-0.15, -0.1) is 0 Å². The molecule has 0 saturated carbocycles. The van der Waals surface area contributed by atoms with Gasteiger partial charge in [-0.3, -0.25) is 0 Å². The van der Waals surface area contributed by atoms with Crippen molar-refractivity contribution in [2.24, 2.45) is 0 Å². The highest BCUT2D eigenvalue weighted by Crippen LogP contribution is 2.15. The van der Waals surface area contributed by atoms with E-state index in [4.69, 9.17) is 14.6 Å². The number of benzene rings is 2. The van der Waals surface area contributed by atoms with E-state index in [2.05, 4.69) is 6.07 Å². The third-order valence-electron chi connectivity index (χ3n) is 2.87. The van der Waals surface area contributed by atoms with E-state index in [0.29, 0.717) is 6.61 Å². The van der Waals surface area contributed by atoms with Crippen molar-refractivity contribution in [2.45, 2.75) is 13.0 Å². The molecule has 2 aromatic carbocycles. The third-order valence-corrected chi connectivity index (χ3v) is 2.87. The molecule has 1 N–H and O–H groups in total. The van der Waals surface area contributed by atoms with Crippen LogP contribution in [-0.4, -0.2) is 18.8 Å². The summed E-state index contributed by atoms with van der Waals surface area (Å²) in [5.74, 6) is 1.65. The Balaban J connectivity index is 1.88. The van der Waals surface area contributed by atoms with Crippen LogP contribution < -0.4 is 9.47 Å². The second kappa shape index (κ2) is 6.81. The van der Waals surface area contributed by atoms with Crippen LogP contribution in [0.3, 0.4) is 0 Å². The Bertz CT molecular complexity index is 475. The summed E-state index contributed by atoms with van der Waals surface area (Å²) in [5, 5.41) is 9.05. The summed E-state index contributed by atoms with van der Waals surface area (Å²) >= 11 is 0. The molecule has 2 aromatic rings. The van der Waals surface area contributed by atoms with E-state index in [-0.39, 0.29) is 6.61 Å². The van der Waals surface area contributed by atoms with Gasteiger partial charge in [0, 0.05) is 6.42 Å². The summed E-state index contributed by atoms with van der Waals surface area (Å²) < 4.78 is 10.9. The van der Waals surface area contributed by atoms with Gasteiger partial charge in [-0.25, -0.2) is 0 Å². The van der Waals surface area contributed by atoms with E-state index in [1.165, 1.54) is 5.56 Å². The number of hydrogen-bond acceptors (Lipinski definition) is 3. The lowest BCUT2D eigenvalue weighted by Crippen LogP contribution is -2.01. The predicted octanol–water partition coefficient (Wildman–Crippen LogP) is 2.81. The maximum absolute atomic E-state index is 9.05. The van der Waals surface area contributed by atoms with Crippen molar-refractivity contribution in [3.63, 3.8) is 0 Å². The molecule has 0 amide bonds. The average Bonchev–Trinajstić information content (AvgIpc) is 2.48. The average molecular weight is 258 g/mol. The van der Waals surface area contributed by atoms with Gasteiger partial charge in [-0.05, 0) is 35.4 Å². The molecule has 0 aliphatic heterocycles. The van der Waals surface area contributed by atoms with Gasteiger partial charge in [-0.2, -0.15) is 0 Å². The minimum Gasteiger partial charge on any atom is -0.497 e. The zero-order valence-corrected chi connectivity index (χ0v) is 11.0. The first kappa shape index (κ1) is 13.4. The van der Waals surface area contributed by atoms with Crippen molar-refractivity contribution in [1.82, 2.24) is 0 Å². The maximum Gasteiger partial charge on any atom is 0.119 e. The molecule has 0 unspecified atom stereocenters. The Kier molecular flexibility index (Phi) is 4.81. The Morgan fingerprint density at radius 3 is 2.37 bits per heavy atom. The Labute approximate surface area is 113 Å². The Morgan fingerprint density at radius 1 is 0.947 bits per heavy atom. The van der Waals surface area contributed by atoms with Gasteiger partial charge in [0.15, 0.2) is 0 Å². The molecule has 0 heterocycles. The molecule has 0 saturated heterocycles. The molecular weight excluding hydrogens is 240 g/mol. The number of methoxy groups -OCH3 is 1. The predicted molar refractivity (Wildman–Crippen MR) is 74.6 cm³/mol. The smallest absolute Gasteiger partial charge is 0.119 e. The highest BCUT2D eigenvalue weighted by Gasteiger charge is 1.99. The third kappa shape index (κ3) is 4.00. The molecule has 2 rings (SSSR count). The number of hydrogen-bond donors (Lipinski definition) is 1. The van der Waals surface area contributed by atoms with Crippen molar-refractivity contribution in [3.05, 3.63) is 59.7 Å². The fourth-order valence-corrected chi connectivity index (χ4v) is 1.85. The van der Waals surface area contributed by atoms with Gasteiger partial charge in [0.2, 0.25) is 0 Å². The highest BCUT2D eigenvalue weighted by molar-refractivity contribution is 5.29. The number of aliphatic hydroxyl groups is 1. The van der Waals surface area contributed by atoms with Gasteiger partial charge in [0.25, 0.3) is 0 Å². The van der Waals surface area contributed by atoms with E-state index in [1.807, 2.05) is 42.5 Å². The fourth-order valence-electron chi connectivity index (χ4n) is 1.85. The first-order valence-electron chi connectivity index (χ1n) is 6.27. The quantitative estimate of drug-likeness (QED) is 0.866. The zero-order chi connectivity index (χ0) is 13.5. The van der Waals surface area contributed by atoms with Crippen LogP contribution >= 0.6 is 0 Å². The lowest BCUT2D eigenvalue weighted by atomic mass is 10.1. The van der Waals surface area contributed by atoms with E-state index < -0.39 is 0 Å². The lowest BCUT2D eigenvalue weighted by Gasteiger charge is -2.08. The van der Waals surface area contributed by atoms with E-state index >= 15 is 0 Å². The van der Waals surface area contributed by atoms with Gasteiger partial charge in [-0.1, -0.05) is 24.3 Å². The van der Waals surface area contributed by atoms with Gasteiger partial charge in [0.1, 0.15) is 11.5 Å². The van der Waals surface area contributed by atoms with E-state index in [1.54, 1.807) is 7.11 Å². The number of aliphatic hydroxyl groups excluding tert-OH is 1. The van der Waals surface area contributed by atoms with Crippen molar-refractivity contribution in [1.29, 1.82) is 0 Å². The summed E-state index contributed by atoms with van der Waals surface area (Å²) in [6.07, 6.45) is 0.820. The maximum atomic E-state index is 9.05. The molecule has 0 atom stereocenters. The van der Waals surface area contributed by atoms with Gasteiger partial charge >= 0.3 is 0 Å². The van der Waals surface area contributed by atoms with Crippen LogP contribution in [-0.2, 0) is 13.0 Å². The van der Waals surface area contributed by atoms with Crippen LogP contribution in [0.5, 0.6) is 11.5 Å². The molecule has 0 bridgehead atoms. The molecule has 0 aliphatic carbocycles. The molecule has 0 aromatic heterocycles. The number of rotatable bonds is 6. The molecule has 3 nitrogen and oxygen atoms in total. The van der Waals surface area contributed by atoms with Crippen LogP contribution in [0.15, 0.2) is 48.5 Å². The molecule has 0 spiro atoms. The molecule has 0 fully saturated rings. The van der Waals surface area contributed by atoms with Crippen molar-refractivity contribution >= 4 is 0 Å². The first-order valence-corrected chi connectivity index (χ1v) is 6.27. The minimum absolute atomic E-state index is 0.0348. The molecule has 19 heavy (non-hydrogen) atoms. The van der Waals surface area contributed by atoms with Crippen LogP contribution in [0.1, 0.15) is 11.1 Å². The standard InChI is InChI=1S/C16H18O3/c1-18-15-6-2-4-13(10-15)8-9-19-16-7-3-5-14(11-16)12-17/h2-7,10-11,17H,8-9,12H2,1H3. The van der Waals surface area contributed by atoms with Gasteiger partial charge in [0.05, 0.1) is 20.3 Å². The second-order valence-electron chi connectivity index (χ2n) is 4.26. The monoisotopic (exact) mass is 258 g/mol. The van der Waals surface area contributed by atoms with Gasteiger partial charge < -0.3 is 14.6 Å². The van der Waals surface area contributed by atoms with E-state index in [9.17, 15) is 0 Å². The van der Waals surface area contributed by atoms with Crippen LogP contribution in [0.25, 0.3) is 0 Å². The molecule has 3 heteroatoms. The normalized spacial score (nSPS) is 10.2.